The molecule has 0 fully saturated rings. The van der Waals surface area contributed by atoms with E-state index >= 15 is 0 Å². The number of hydrogen-bond acceptors (Lipinski definition) is 3. The maximum absolute atomic E-state index is 12.7. The number of rotatable bonds is 3. The number of halogens is 1. The molecule has 18 heavy (non-hydrogen) atoms. The van der Waals surface area contributed by atoms with E-state index in [1.165, 1.54) is 30.5 Å². The summed E-state index contributed by atoms with van der Waals surface area (Å²) in [6.07, 6.45) is 2.56. The summed E-state index contributed by atoms with van der Waals surface area (Å²) >= 11 is 0. The van der Waals surface area contributed by atoms with Crippen LogP contribution in [0.5, 0.6) is 0 Å². The zero-order chi connectivity index (χ0) is 13.0. The zero-order valence-electron chi connectivity index (χ0n) is 9.38. The summed E-state index contributed by atoms with van der Waals surface area (Å²) in [6, 6.07) is 10.1. The van der Waals surface area contributed by atoms with Crippen LogP contribution in [0.15, 0.2) is 54.7 Å². The Morgan fingerprint density at radius 1 is 1.17 bits per heavy atom. The first-order valence-electron chi connectivity index (χ1n) is 5.29. The fourth-order valence-corrected chi connectivity index (χ4v) is 1.41. The minimum Gasteiger partial charge on any atom is -0.507 e. The van der Waals surface area contributed by atoms with E-state index in [1.807, 2.05) is 0 Å². The summed E-state index contributed by atoms with van der Waals surface area (Å²) in [7, 11) is 0. The molecule has 3 nitrogen and oxygen atoms in total. The van der Waals surface area contributed by atoms with Crippen LogP contribution in [0.1, 0.15) is 16.1 Å². The number of aromatic nitrogens is 1. The second-order valence-corrected chi connectivity index (χ2v) is 3.62. The van der Waals surface area contributed by atoms with Gasteiger partial charge in [-0.25, -0.2) is 4.39 Å². The Bertz CT molecular complexity index is 577. The van der Waals surface area contributed by atoms with Gasteiger partial charge in [0.25, 0.3) is 0 Å². The lowest BCUT2D eigenvalue weighted by atomic mass is 10.1. The Morgan fingerprint density at radius 2 is 1.89 bits per heavy atom. The second kappa shape index (κ2) is 5.23. The standard InChI is InChI=1S/C14H10FNO2/c15-11-6-4-10(5-7-11)13(17)9-14(18)12-3-1-2-8-16-12/h1-9,17H/b13-9-. The van der Waals surface area contributed by atoms with Gasteiger partial charge in [-0.3, -0.25) is 9.78 Å². The predicted octanol–water partition coefficient (Wildman–Crippen LogP) is 3.00. The largest absolute Gasteiger partial charge is 0.507 e. The van der Waals surface area contributed by atoms with Gasteiger partial charge in [-0.05, 0) is 36.4 Å². The van der Waals surface area contributed by atoms with Gasteiger partial charge in [-0.1, -0.05) is 6.07 Å². The number of benzene rings is 1. The van der Waals surface area contributed by atoms with Gasteiger partial charge in [-0.15, -0.1) is 0 Å². The number of allylic oxidation sites excluding steroid dienone is 1. The molecule has 1 N–H and O–H groups in total. The van der Waals surface area contributed by atoms with Gasteiger partial charge in [-0.2, -0.15) is 0 Å². The molecule has 0 aliphatic rings. The second-order valence-electron chi connectivity index (χ2n) is 3.62. The van der Waals surface area contributed by atoms with Gasteiger partial charge in [0.1, 0.15) is 17.3 Å². The van der Waals surface area contributed by atoms with Gasteiger partial charge in [0.2, 0.25) is 5.78 Å². The summed E-state index contributed by atoms with van der Waals surface area (Å²) in [5, 5.41) is 9.73. The van der Waals surface area contributed by atoms with E-state index < -0.39 is 11.6 Å². The van der Waals surface area contributed by atoms with E-state index in [-0.39, 0.29) is 11.5 Å². The molecule has 2 rings (SSSR count). The summed E-state index contributed by atoms with van der Waals surface area (Å²) in [5.41, 5.74) is 0.617. The van der Waals surface area contributed by atoms with Crippen LogP contribution in [-0.2, 0) is 0 Å². The lowest BCUT2D eigenvalue weighted by Crippen LogP contribution is -1.99. The number of aliphatic hydroxyl groups excluding tert-OH is 1. The van der Waals surface area contributed by atoms with Gasteiger partial charge in [0.05, 0.1) is 0 Å². The maximum Gasteiger partial charge on any atom is 0.207 e. The third-order valence-corrected chi connectivity index (χ3v) is 2.33. The predicted molar refractivity (Wildman–Crippen MR) is 65.6 cm³/mol. The Morgan fingerprint density at radius 3 is 2.50 bits per heavy atom. The molecule has 1 heterocycles. The molecule has 90 valence electrons. The quantitative estimate of drug-likeness (QED) is 0.512. The summed E-state index contributed by atoms with van der Waals surface area (Å²) < 4.78 is 12.7. The molecule has 1 aromatic carbocycles. The van der Waals surface area contributed by atoms with Crippen LogP contribution < -0.4 is 0 Å². The molecule has 0 saturated carbocycles. The minimum absolute atomic E-state index is 0.217. The number of aliphatic hydroxyl groups is 1. The van der Waals surface area contributed by atoms with Gasteiger partial charge >= 0.3 is 0 Å². The fourth-order valence-electron chi connectivity index (χ4n) is 1.41. The van der Waals surface area contributed by atoms with Crippen molar-refractivity contribution < 1.29 is 14.3 Å². The molecule has 0 unspecified atom stereocenters. The van der Waals surface area contributed by atoms with E-state index in [1.54, 1.807) is 18.2 Å². The third kappa shape index (κ3) is 2.79. The van der Waals surface area contributed by atoms with E-state index in [4.69, 9.17) is 0 Å². The number of carbonyl (C=O) groups excluding carboxylic acids is 1. The average Bonchev–Trinajstić information content (AvgIpc) is 2.40. The number of pyridine rings is 1. The molecule has 0 bridgehead atoms. The van der Waals surface area contributed by atoms with Crippen molar-refractivity contribution in [3.05, 3.63) is 71.8 Å². The Labute approximate surface area is 103 Å². The molecule has 0 spiro atoms. The van der Waals surface area contributed by atoms with Crippen molar-refractivity contribution in [2.45, 2.75) is 0 Å². The van der Waals surface area contributed by atoms with Crippen LogP contribution in [0, 0.1) is 5.82 Å². The molecule has 1 aromatic heterocycles. The van der Waals surface area contributed by atoms with Crippen molar-refractivity contribution in [1.29, 1.82) is 0 Å². The van der Waals surface area contributed by atoms with Crippen molar-refractivity contribution in [3.63, 3.8) is 0 Å². The van der Waals surface area contributed by atoms with Gasteiger partial charge in [0, 0.05) is 17.8 Å². The number of ketones is 1. The Kier molecular flexibility index (Phi) is 3.48. The normalized spacial score (nSPS) is 11.3. The molecule has 0 amide bonds. The summed E-state index contributed by atoms with van der Waals surface area (Å²) in [4.78, 5) is 15.6. The van der Waals surface area contributed by atoms with Gasteiger partial charge < -0.3 is 5.11 Å². The maximum atomic E-state index is 12.7. The molecule has 0 atom stereocenters. The minimum atomic E-state index is -0.405. The highest BCUT2D eigenvalue weighted by molar-refractivity contribution is 6.06. The Hall–Kier alpha value is -2.49. The van der Waals surface area contributed by atoms with Gasteiger partial charge in [0.15, 0.2) is 0 Å². The van der Waals surface area contributed by atoms with Crippen molar-refractivity contribution >= 4 is 11.5 Å². The lowest BCUT2D eigenvalue weighted by molar-refractivity contribution is 0.104. The average molecular weight is 243 g/mol. The first kappa shape index (κ1) is 12.0. The van der Waals surface area contributed by atoms with Crippen LogP contribution in [0.4, 0.5) is 4.39 Å². The van der Waals surface area contributed by atoms with Crippen LogP contribution in [0.2, 0.25) is 0 Å². The van der Waals surface area contributed by atoms with E-state index in [0.717, 1.165) is 6.08 Å². The van der Waals surface area contributed by atoms with Crippen LogP contribution >= 0.6 is 0 Å². The molecule has 0 radical (unpaired) electrons. The first-order valence-corrected chi connectivity index (χ1v) is 5.29. The molecule has 2 aromatic rings. The number of hydrogen-bond donors (Lipinski definition) is 1. The zero-order valence-corrected chi connectivity index (χ0v) is 9.38. The van der Waals surface area contributed by atoms with Crippen molar-refractivity contribution in [1.82, 2.24) is 4.98 Å². The molecule has 4 heteroatoms. The molecular formula is C14H10FNO2. The molecule has 0 aliphatic heterocycles. The van der Waals surface area contributed by atoms with E-state index in [9.17, 15) is 14.3 Å². The first-order chi connectivity index (χ1) is 8.66. The molecular weight excluding hydrogens is 233 g/mol. The van der Waals surface area contributed by atoms with E-state index in [2.05, 4.69) is 4.98 Å². The topological polar surface area (TPSA) is 50.2 Å². The van der Waals surface area contributed by atoms with Crippen LogP contribution in [0.25, 0.3) is 5.76 Å². The fraction of sp³-hybridized carbons (Fsp3) is 0. The smallest absolute Gasteiger partial charge is 0.207 e. The van der Waals surface area contributed by atoms with Crippen LogP contribution in [-0.4, -0.2) is 15.9 Å². The monoisotopic (exact) mass is 243 g/mol. The van der Waals surface area contributed by atoms with E-state index in [0.29, 0.717) is 5.56 Å². The molecule has 0 aliphatic carbocycles. The highest BCUT2D eigenvalue weighted by Crippen LogP contribution is 2.13. The Balaban J connectivity index is 2.23. The SMILES string of the molecule is O=C(/C=C(\O)c1ccc(F)cc1)c1ccccn1. The number of nitrogens with zero attached hydrogens (tertiary/aromatic N) is 1. The summed E-state index contributed by atoms with van der Waals surface area (Å²) in [5.74, 6) is -1.02. The third-order valence-electron chi connectivity index (χ3n) is 2.33. The number of carbonyl (C=O) groups is 1. The van der Waals surface area contributed by atoms with Crippen LogP contribution in [0.3, 0.4) is 0 Å². The highest BCUT2D eigenvalue weighted by atomic mass is 19.1. The molecule has 0 saturated heterocycles. The highest BCUT2D eigenvalue weighted by Gasteiger charge is 2.06. The van der Waals surface area contributed by atoms with Crippen molar-refractivity contribution in [2.75, 3.05) is 0 Å². The lowest BCUT2D eigenvalue weighted by Gasteiger charge is -2.00. The van der Waals surface area contributed by atoms with Crippen molar-refractivity contribution in [2.24, 2.45) is 0 Å². The summed E-state index contributed by atoms with van der Waals surface area (Å²) in [6.45, 7) is 0. The van der Waals surface area contributed by atoms with Crippen molar-refractivity contribution in [3.8, 4) is 0 Å².